The molecule has 0 atom stereocenters. The number of anilines is 1. The van der Waals surface area contributed by atoms with Gasteiger partial charge in [0, 0.05) is 60.9 Å². The molecule has 1 fully saturated rings. The molecule has 1 aliphatic heterocycles. The van der Waals surface area contributed by atoms with E-state index in [4.69, 9.17) is 16.1 Å². The minimum Gasteiger partial charge on any atom is -0.350 e. The molecule has 0 unspecified atom stereocenters. The maximum absolute atomic E-state index is 12.7. The van der Waals surface area contributed by atoms with Gasteiger partial charge in [0.15, 0.2) is 0 Å². The summed E-state index contributed by atoms with van der Waals surface area (Å²) in [6, 6.07) is 12.2. The molecule has 0 saturated carbocycles. The van der Waals surface area contributed by atoms with E-state index in [0.29, 0.717) is 42.6 Å². The molecule has 3 heterocycles. The number of pyridine rings is 1. The van der Waals surface area contributed by atoms with Crippen molar-refractivity contribution in [1.82, 2.24) is 19.9 Å². The first-order valence-corrected chi connectivity index (χ1v) is 9.90. The van der Waals surface area contributed by atoms with Crippen molar-refractivity contribution in [3.8, 4) is 11.3 Å². The molecule has 1 N–H and O–H groups in total. The van der Waals surface area contributed by atoms with Crippen molar-refractivity contribution in [2.75, 3.05) is 38.0 Å². The van der Waals surface area contributed by atoms with Crippen LogP contribution in [0.15, 0.2) is 59.4 Å². The summed E-state index contributed by atoms with van der Waals surface area (Å²) in [7, 11) is 0. The average Bonchev–Trinajstić information content (AvgIpc) is 3.26. The fraction of sp³-hybridized carbons (Fsp3) is 0.238. The third kappa shape index (κ3) is 4.84. The minimum atomic E-state index is -0.201. The van der Waals surface area contributed by atoms with E-state index in [1.807, 2.05) is 4.90 Å². The minimum absolute atomic E-state index is 0.102. The summed E-state index contributed by atoms with van der Waals surface area (Å²) in [4.78, 5) is 32.7. The van der Waals surface area contributed by atoms with Crippen molar-refractivity contribution in [3.63, 3.8) is 0 Å². The van der Waals surface area contributed by atoms with Crippen molar-refractivity contribution in [3.05, 3.63) is 65.6 Å². The Morgan fingerprint density at radius 3 is 2.43 bits per heavy atom. The highest BCUT2D eigenvalue weighted by atomic mass is 35.5. The summed E-state index contributed by atoms with van der Waals surface area (Å²) < 4.78 is 5.25. The molecule has 8 nitrogen and oxygen atoms in total. The van der Waals surface area contributed by atoms with Gasteiger partial charge in [-0.3, -0.25) is 19.5 Å². The van der Waals surface area contributed by atoms with Gasteiger partial charge in [-0.05, 0) is 36.4 Å². The summed E-state index contributed by atoms with van der Waals surface area (Å²) in [5.41, 5.74) is 2.14. The normalized spacial score (nSPS) is 14.5. The van der Waals surface area contributed by atoms with Crippen LogP contribution in [-0.2, 0) is 4.79 Å². The van der Waals surface area contributed by atoms with Crippen LogP contribution in [0.5, 0.6) is 0 Å². The number of carbonyl (C=O) groups is 2. The number of hydrogen-bond acceptors (Lipinski definition) is 6. The fourth-order valence-electron chi connectivity index (χ4n) is 3.24. The zero-order valence-electron chi connectivity index (χ0n) is 16.1. The highest BCUT2D eigenvalue weighted by Crippen LogP contribution is 2.19. The zero-order valence-corrected chi connectivity index (χ0v) is 16.9. The van der Waals surface area contributed by atoms with Gasteiger partial charge in [0.2, 0.25) is 11.7 Å². The average molecular weight is 426 g/mol. The predicted octanol–water partition coefficient (Wildman–Crippen LogP) is 2.79. The van der Waals surface area contributed by atoms with E-state index < -0.39 is 0 Å². The lowest BCUT2D eigenvalue weighted by atomic mass is 10.2. The van der Waals surface area contributed by atoms with Crippen molar-refractivity contribution < 1.29 is 14.1 Å². The van der Waals surface area contributed by atoms with E-state index in [1.54, 1.807) is 59.8 Å². The standard InChI is InChI=1S/C21H20ClN5O3/c22-16-1-3-17(4-2-16)24-20(28)14-26-9-11-27(12-10-26)21(29)19-13-18(25-30-19)15-5-7-23-8-6-15/h1-8,13H,9-12,14H2,(H,24,28). The number of amides is 2. The smallest absolute Gasteiger partial charge is 0.292 e. The van der Waals surface area contributed by atoms with Crippen LogP contribution in [-0.4, -0.2) is 64.5 Å². The number of benzene rings is 1. The molecule has 0 bridgehead atoms. The molecular formula is C21H20ClN5O3. The third-order valence-corrected chi connectivity index (χ3v) is 5.10. The Bertz CT molecular complexity index is 1010. The summed E-state index contributed by atoms with van der Waals surface area (Å²) in [6.07, 6.45) is 3.32. The van der Waals surface area contributed by atoms with Crippen LogP contribution in [0, 0.1) is 0 Å². The van der Waals surface area contributed by atoms with Gasteiger partial charge in [0.05, 0.1) is 6.54 Å². The Balaban J connectivity index is 1.28. The van der Waals surface area contributed by atoms with Gasteiger partial charge in [-0.2, -0.15) is 0 Å². The zero-order chi connectivity index (χ0) is 20.9. The van der Waals surface area contributed by atoms with Gasteiger partial charge in [-0.15, -0.1) is 0 Å². The first kappa shape index (κ1) is 20.1. The number of nitrogens with one attached hydrogen (secondary N) is 1. The number of aromatic nitrogens is 2. The van der Waals surface area contributed by atoms with Gasteiger partial charge in [0.25, 0.3) is 5.91 Å². The van der Waals surface area contributed by atoms with E-state index in [1.165, 1.54) is 0 Å². The quantitative estimate of drug-likeness (QED) is 0.675. The third-order valence-electron chi connectivity index (χ3n) is 4.85. The SMILES string of the molecule is O=C(CN1CCN(C(=O)c2cc(-c3ccncc3)no2)CC1)Nc1ccc(Cl)cc1. The van der Waals surface area contributed by atoms with Gasteiger partial charge >= 0.3 is 0 Å². The Morgan fingerprint density at radius 2 is 1.73 bits per heavy atom. The Kier molecular flexibility index (Phi) is 6.06. The van der Waals surface area contributed by atoms with Crippen LogP contribution in [0.25, 0.3) is 11.3 Å². The molecule has 154 valence electrons. The molecule has 0 spiro atoms. The molecule has 9 heteroatoms. The number of hydrogen-bond donors (Lipinski definition) is 1. The first-order valence-electron chi connectivity index (χ1n) is 9.52. The number of piperazine rings is 1. The second kappa shape index (κ2) is 9.06. The molecule has 1 aliphatic rings. The molecule has 4 rings (SSSR count). The molecule has 30 heavy (non-hydrogen) atoms. The van der Waals surface area contributed by atoms with E-state index in [0.717, 1.165) is 5.56 Å². The summed E-state index contributed by atoms with van der Waals surface area (Å²) in [5.74, 6) is -0.0989. The summed E-state index contributed by atoms with van der Waals surface area (Å²) >= 11 is 5.85. The maximum Gasteiger partial charge on any atom is 0.292 e. The van der Waals surface area contributed by atoms with Crippen molar-refractivity contribution in [2.45, 2.75) is 0 Å². The second-order valence-electron chi connectivity index (χ2n) is 6.94. The summed E-state index contributed by atoms with van der Waals surface area (Å²) in [6.45, 7) is 2.49. The maximum atomic E-state index is 12.7. The first-order chi connectivity index (χ1) is 14.6. The van der Waals surface area contributed by atoms with Gasteiger partial charge in [-0.1, -0.05) is 16.8 Å². The van der Waals surface area contributed by atoms with E-state index in [2.05, 4.69) is 15.5 Å². The molecule has 1 saturated heterocycles. The number of nitrogens with zero attached hydrogens (tertiary/aromatic N) is 4. The fourth-order valence-corrected chi connectivity index (χ4v) is 3.36. The molecule has 2 aromatic heterocycles. The molecule has 0 aliphatic carbocycles. The lowest BCUT2D eigenvalue weighted by Crippen LogP contribution is -2.50. The van der Waals surface area contributed by atoms with Crippen LogP contribution in [0.3, 0.4) is 0 Å². The van der Waals surface area contributed by atoms with Crippen molar-refractivity contribution in [1.29, 1.82) is 0 Å². The van der Waals surface area contributed by atoms with Crippen LogP contribution in [0.1, 0.15) is 10.6 Å². The molecule has 2 amide bonds. The van der Waals surface area contributed by atoms with Crippen LogP contribution in [0.4, 0.5) is 5.69 Å². The second-order valence-corrected chi connectivity index (χ2v) is 7.37. The van der Waals surface area contributed by atoms with Crippen LogP contribution >= 0.6 is 11.6 Å². The number of halogens is 1. The van der Waals surface area contributed by atoms with Gasteiger partial charge in [0.1, 0.15) is 5.69 Å². The van der Waals surface area contributed by atoms with Crippen LogP contribution in [0.2, 0.25) is 5.02 Å². The number of rotatable bonds is 5. The Morgan fingerprint density at radius 1 is 1.03 bits per heavy atom. The molecule has 0 radical (unpaired) electrons. The lowest BCUT2D eigenvalue weighted by molar-refractivity contribution is -0.117. The highest BCUT2D eigenvalue weighted by Gasteiger charge is 2.26. The molecule has 1 aromatic carbocycles. The van der Waals surface area contributed by atoms with Crippen molar-refractivity contribution in [2.24, 2.45) is 0 Å². The van der Waals surface area contributed by atoms with Gasteiger partial charge < -0.3 is 14.7 Å². The largest absolute Gasteiger partial charge is 0.350 e. The monoisotopic (exact) mass is 425 g/mol. The Hall–Kier alpha value is -3.23. The molecule has 3 aromatic rings. The highest BCUT2D eigenvalue weighted by molar-refractivity contribution is 6.30. The van der Waals surface area contributed by atoms with Gasteiger partial charge in [-0.25, -0.2) is 0 Å². The van der Waals surface area contributed by atoms with E-state index in [9.17, 15) is 9.59 Å². The predicted molar refractivity (Wildman–Crippen MR) is 112 cm³/mol. The van der Waals surface area contributed by atoms with E-state index >= 15 is 0 Å². The summed E-state index contributed by atoms with van der Waals surface area (Å²) in [5, 5.41) is 7.45. The molecular weight excluding hydrogens is 406 g/mol. The topological polar surface area (TPSA) is 91.6 Å². The lowest BCUT2D eigenvalue weighted by Gasteiger charge is -2.33. The van der Waals surface area contributed by atoms with Crippen LogP contribution < -0.4 is 5.32 Å². The number of carbonyl (C=O) groups excluding carboxylic acids is 2. The Labute approximate surface area is 178 Å². The van der Waals surface area contributed by atoms with E-state index in [-0.39, 0.29) is 24.1 Å². The van der Waals surface area contributed by atoms with Crippen molar-refractivity contribution >= 4 is 29.1 Å².